The molecule has 9 nitrogen and oxygen atoms in total. The van der Waals surface area contributed by atoms with Crippen LogP contribution in [0.4, 0.5) is 0 Å². The highest BCUT2D eigenvalue weighted by atomic mass is 16.3. The van der Waals surface area contributed by atoms with E-state index >= 15 is 0 Å². The monoisotopic (exact) mass is 668 g/mol. The zero-order valence-electron chi connectivity index (χ0n) is 28.9. The molecular weight excluding hydrogens is 624 g/mol. The Kier molecular flexibility index (Phi) is 8.17. The second kappa shape index (κ2) is 11.6. The van der Waals surface area contributed by atoms with E-state index < -0.39 is 68.5 Å². The number of fused-ring (bicyclic) bond motifs is 4. The van der Waals surface area contributed by atoms with E-state index in [2.05, 4.69) is 6.92 Å². The second-order valence-corrected chi connectivity index (χ2v) is 15.3. The molecule has 0 radical (unpaired) electrons. The first-order valence-electron chi connectivity index (χ1n) is 17.2. The number of hydrogen-bond acceptors (Lipinski definition) is 9. The number of ketones is 5. The number of aliphatic hydroxyl groups is 3. The van der Waals surface area contributed by atoms with Crippen LogP contribution in [0.5, 0.6) is 5.75 Å². The van der Waals surface area contributed by atoms with Crippen LogP contribution in [0.1, 0.15) is 115 Å². The van der Waals surface area contributed by atoms with Gasteiger partial charge in [0.2, 0.25) is 5.78 Å². The van der Waals surface area contributed by atoms with Crippen LogP contribution in [0.2, 0.25) is 0 Å². The summed E-state index contributed by atoms with van der Waals surface area (Å²) in [5.74, 6) is -7.48. The van der Waals surface area contributed by atoms with E-state index in [1.807, 2.05) is 0 Å². The number of phenols is 1. The molecule has 49 heavy (non-hydrogen) atoms. The third kappa shape index (κ3) is 4.64. The molecule has 9 heteroatoms. The molecule has 4 aliphatic carbocycles. The van der Waals surface area contributed by atoms with Crippen molar-refractivity contribution in [1.82, 2.24) is 0 Å². The van der Waals surface area contributed by atoms with E-state index in [4.69, 9.17) is 0 Å². The van der Waals surface area contributed by atoms with Crippen molar-refractivity contribution in [3.63, 3.8) is 0 Å². The lowest BCUT2D eigenvalue weighted by molar-refractivity contribution is -0.171. The van der Waals surface area contributed by atoms with Gasteiger partial charge in [0.1, 0.15) is 22.8 Å². The lowest BCUT2D eigenvalue weighted by Gasteiger charge is -2.59. The van der Waals surface area contributed by atoms with Gasteiger partial charge in [-0.1, -0.05) is 77.8 Å². The summed E-state index contributed by atoms with van der Waals surface area (Å²) in [6.07, 6.45) is 3.23. The van der Waals surface area contributed by atoms with E-state index in [1.54, 1.807) is 58.0 Å². The van der Waals surface area contributed by atoms with Crippen molar-refractivity contribution in [3.8, 4) is 5.75 Å². The molecule has 1 unspecified atom stereocenters. The first-order valence-corrected chi connectivity index (χ1v) is 17.2. The standard InChI is InChI=1S/C40H44O9/c1-7-8-9-12-21-15-22(16-25-32(43)23-13-10-11-14-24(23)33(25)44)31(42)28-26(21)17-38(5)18-39(6)29(19(2)3)34(45)27(20(4)41)36(47)40(39,49)37(48)30(38)35(28)46/h10-11,13-15,19,25,29,42,45,48-49H,7-9,12,16-18H2,1-6H3/t29?,38-,39-,40+/m1/s1. The van der Waals surface area contributed by atoms with E-state index in [9.17, 15) is 44.4 Å². The van der Waals surface area contributed by atoms with Gasteiger partial charge in [-0.05, 0) is 61.6 Å². The average molecular weight is 669 g/mol. The molecule has 258 valence electrons. The SMILES string of the molecule is CCCCCc1cc(CC2C(=O)c3ccccc3C2=O)c(O)c2c1C[C@]1(C)C[C@]3(C)C(C(C)C)C(O)=C(C(C)=O)C(=O)[C@]3(O)C(O)=C1C2=O. The summed E-state index contributed by atoms with van der Waals surface area (Å²) in [7, 11) is 0. The van der Waals surface area contributed by atoms with E-state index in [1.165, 1.54) is 0 Å². The Labute approximate surface area is 285 Å². The number of benzene rings is 2. The topological polar surface area (TPSA) is 166 Å². The van der Waals surface area contributed by atoms with Gasteiger partial charge < -0.3 is 20.4 Å². The highest BCUT2D eigenvalue weighted by molar-refractivity contribution is 6.27. The maximum atomic E-state index is 14.7. The highest BCUT2D eigenvalue weighted by Gasteiger charge is 2.71. The number of carbonyl (C=O) groups is 5. The first kappa shape index (κ1) is 34.5. The normalized spacial score (nSPS) is 28.2. The van der Waals surface area contributed by atoms with Gasteiger partial charge in [-0.25, -0.2) is 0 Å². The molecule has 2 aromatic carbocycles. The van der Waals surface area contributed by atoms with E-state index in [0.29, 0.717) is 23.1 Å². The Morgan fingerprint density at radius 3 is 2.12 bits per heavy atom. The number of allylic oxidation sites excluding steroid dienone is 2. The average Bonchev–Trinajstić information content (AvgIpc) is 3.25. The summed E-state index contributed by atoms with van der Waals surface area (Å²) in [6.45, 7) is 10.1. The summed E-state index contributed by atoms with van der Waals surface area (Å²) in [6, 6.07) is 8.36. The molecule has 0 aromatic heterocycles. The van der Waals surface area contributed by atoms with Crippen molar-refractivity contribution >= 4 is 28.9 Å². The maximum absolute atomic E-state index is 14.7. The molecule has 0 spiro atoms. The fourth-order valence-corrected chi connectivity index (χ4v) is 9.69. The fourth-order valence-electron chi connectivity index (χ4n) is 9.69. The minimum Gasteiger partial charge on any atom is -0.511 e. The van der Waals surface area contributed by atoms with Crippen molar-refractivity contribution in [1.29, 1.82) is 0 Å². The minimum absolute atomic E-state index is 0.00511. The number of hydrogen-bond donors (Lipinski definition) is 4. The van der Waals surface area contributed by atoms with Crippen molar-refractivity contribution in [2.24, 2.45) is 28.6 Å². The van der Waals surface area contributed by atoms with Crippen LogP contribution in [-0.2, 0) is 28.9 Å². The molecule has 0 aliphatic heterocycles. The number of aryl methyl sites for hydroxylation is 1. The third-order valence-electron chi connectivity index (χ3n) is 11.7. The molecule has 4 aliphatic rings. The van der Waals surface area contributed by atoms with Gasteiger partial charge in [0.15, 0.2) is 28.7 Å². The maximum Gasteiger partial charge on any atom is 0.209 e. The van der Waals surface area contributed by atoms with Gasteiger partial charge in [-0.15, -0.1) is 0 Å². The van der Waals surface area contributed by atoms with Crippen molar-refractivity contribution in [2.45, 2.75) is 92.1 Å². The molecule has 4 N–H and O–H groups in total. The smallest absolute Gasteiger partial charge is 0.209 e. The number of aliphatic hydroxyl groups excluding tert-OH is 2. The van der Waals surface area contributed by atoms with Crippen LogP contribution in [0.25, 0.3) is 0 Å². The Morgan fingerprint density at radius 2 is 1.57 bits per heavy atom. The largest absolute Gasteiger partial charge is 0.511 e. The second-order valence-electron chi connectivity index (χ2n) is 15.3. The number of phenolic OH excluding ortho intramolecular Hbond substituents is 1. The number of carbonyl (C=O) groups excluding carboxylic acids is 5. The van der Waals surface area contributed by atoms with Gasteiger partial charge in [0, 0.05) is 33.4 Å². The fraction of sp³-hybridized carbons (Fsp3) is 0.475. The summed E-state index contributed by atoms with van der Waals surface area (Å²) in [4.78, 5) is 68.1. The summed E-state index contributed by atoms with van der Waals surface area (Å²) < 4.78 is 0. The molecule has 0 bridgehead atoms. The van der Waals surface area contributed by atoms with Gasteiger partial charge in [-0.3, -0.25) is 24.0 Å². The van der Waals surface area contributed by atoms with Gasteiger partial charge >= 0.3 is 0 Å². The van der Waals surface area contributed by atoms with Crippen LogP contribution >= 0.6 is 0 Å². The van der Waals surface area contributed by atoms with Crippen LogP contribution < -0.4 is 0 Å². The number of aromatic hydroxyl groups is 1. The van der Waals surface area contributed by atoms with Crippen LogP contribution in [-0.4, -0.2) is 54.9 Å². The Morgan fingerprint density at radius 1 is 0.959 bits per heavy atom. The predicted molar refractivity (Wildman–Crippen MR) is 181 cm³/mol. The van der Waals surface area contributed by atoms with Crippen LogP contribution in [0, 0.1) is 28.6 Å². The molecule has 4 atom stereocenters. The number of rotatable bonds is 8. The molecule has 6 rings (SSSR count). The molecule has 0 amide bonds. The van der Waals surface area contributed by atoms with Crippen molar-refractivity contribution in [2.75, 3.05) is 0 Å². The highest BCUT2D eigenvalue weighted by Crippen LogP contribution is 2.65. The van der Waals surface area contributed by atoms with Gasteiger partial charge in [0.25, 0.3) is 0 Å². The Balaban J connectivity index is 1.54. The lowest BCUT2D eigenvalue weighted by Crippen LogP contribution is -2.67. The number of Topliss-reactive ketones (excluding diaryl/α,β-unsaturated/α-hetero) is 5. The summed E-state index contributed by atoms with van der Waals surface area (Å²) >= 11 is 0. The van der Waals surface area contributed by atoms with Crippen molar-refractivity contribution in [3.05, 3.63) is 86.4 Å². The first-order chi connectivity index (χ1) is 23.0. The van der Waals surface area contributed by atoms with Crippen LogP contribution in [0.15, 0.2) is 53.0 Å². The Hall–Kier alpha value is -4.37. The number of unbranched alkanes of at least 4 members (excludes halogenated alkanes) is 2. The molecular formula is C40H44O9. The minimum atomic E-state index is -2.71. The molecule has 0 fully saturated rings. The van der Waals surface area contributed by atoms with Crippen LogP contribution in [0.3, 0.4) is 0 Å². The zero-order valence-corrected chi connectivity index (χ0v) is 28.9. The quantitative estimate of drug-likeness (QED) is 0.143. The van der Waals surface area contributed by atoms with E-state index in [0.717, 1.165) is 31.7 Å². The van der Waals surface area contributed by atoms with E-state index in [-0.39, 0.29) is 53.4 Å². The lowest BCUT2D eigenvalue weighted by atomic mass is 9.44. The zero-order chi connectivity index (χ0) is 36.0. The predicted octanol–water partition coefficient (Wildman–Crippen LogP) is 6.32. The molecule has 0 saturated carbocycles. The third-order valence-corrected chi connectivity index (χ3v) is 11.7. The molecule has 0 heterocycles. The summed E-state index contributed by atoms with van der Waals surface area (Å²) in [5, 5.41) is 47.6. The molecule has 0 saturated heterocycles. The van der Waals surface area contributed by atoms with Gasteiger partial charge in [0.05, 0.1) is 11.5 Å². The Bertz CT molecular complexity index is 1890. The summed E-state index contributed by atoms with van der Waals surface area (Å²) in [5.41, 5.74) is -4.01. The van der Waals surface area contributed by atoms with Crippen molar-refractivity contribution < 1.29 is 44.4 Å². The van der Waals surface area contributed by atoms with Gasteiger partial charge in [-0.2, -0.15) is 0 Å². The molecule has 2 aromatic rings.